The van der Waals surface area contributed by atoms with Gasteiger partial charge >= 0.3 is 0 Å². The highest BCUT2D eigenvalue weighted by Gasteiger charge is 2.17. The topological polar surface area (TPSA) is 96.7 Å². The molecule has 0 saturated heterocycles. The Bertz CT molecular complexity index is 967. The average molecular weight is 429 g/mol. The molecule has 0 saturated carbocycles. The molecule has 0 aliphatic carbocycles. The van der Waals surface area contributed by atoms with Crippen LogP contribution in [0.5, 0.6) is 5.75 Å². The van der Waals surface area contributed by atoms with E-state index in [4.69, 9.17) is 9.15 Å². The van der Waals surface area contributed by atoms with Gasteiger partial charge in [0.1, 0.15) is 5.75 Å². The third kappa shape index (κ3) is 5.68. The van der Waals surface area contributed by atoms with Crippen molar-refractivity contribution < 1.29 is 18.7 Å². The van der Waals surface area contributed by atoms with E-state index in [1.54, 1.807) is 24.6 Å². The number of hydrogen-bond acceptors (Lipinski definition) is 7. The second-order valence-electron chi connectivity index (χ2n) is 6.81. The summed E-state index contributed by atoms with van der Waals surface area (Å²) in [7, 11) is 5.57. The number of rotatable bonds is 9. The lowest BCUT2D eigenvalue weighted by molar-refractivity contribution is -0.120. The van der Waals surface area contributed by atoms with Gasteiger partial charge in [0.2, 0.25) is 5.91 Å². The maximum atomic E-state index is 12.4. The van der Waals surface area contributed by atoms with Crippen molar-refractivity contribution in [1.82, 2.24) is 15.2 Å². The van der Waals surface area contributed by atoms with Gasteiger partial charge in [-0.2, -0.15) is 0 Å². The number of furan rings is 1. The fourth-order valence-corrected chi connectivity index (χ4v) is 3.58. The monoisotopic (exact) mass is 428 g/mol. The summed E-state index contributed by atoms with van der Waals surface area (Å²) in [6.07, 6.45) is 1.56. The van der Waals surface area contributed by atoms with Crippen molar-refractivity contribution in [1.29, 1.82) is 0 Å². The normalized spacial score (nSPS) is 11.9. The van der Waals surface area contributed by atoms with Crippen LogP contribution >= 0.6 is 11.3 Å². The van der Waals surface area contributed by atoms with Crippen LogP contribution in [0.25, 0.3) is 0 Å². The molecule has 2 amide bonds. The molecule has 30 heavy (non-hydrogen) atoms. The predicted octanol–water partition coefficient (Wildman–Crippen LogP) is 2.96. The first-order valence-electron chi connectivity index (χ1n) is 9.32. The molecule has 9 heteroatoms. The first kappa shape index (κ1) is 21.5. The molecule has 0 radical (unpaired) electrons. The second-order valence-corrected chi connectivity index (χ2v) is 7.67. The molecule has 0 bridgehead atoms. The lowest BCUT2D eigenvalue weighted by atomic mass is 10.1. The molecule has 2 aromatic heterocycles. The van der Waals surface area contributed by atoms with Gasteiger partial charge in [0.15, 0.2) is 10.9 Å². The maximum Gasteiger partial charge on any atom is 0.293 e. The van der Waals surface area contributed by atoms with Crippen LogP contribution in [0.3, 0.4) is 0 Å². The van der Waals surface area contributed by atoms with Crippen molar-refractivity contribution >= 4 is 28.3 Å². The molecule has 2 heterocycles. The van der Waals surface area contributed by atoms with Crippen LogP contribution in [0.15, 0.2) is 52.5 Å². The Balaban J connectivity index is 1.53. The van der Waals surface area contributed by atoms with Gasteiger partial charge in [-0.1, -0.05) is 12.1 Å². The van der Waals surface area contributed by atoms with Gasteiger partial charge in [0.25, 0.3) is 5.91 Å². The van der Waals surface area contributed by atoms with E-state index in [2.05, 4.69) is 15.6 Å². The van der Waals surface area contributed by atoms with E-state index >= 15 is 0 Å². The summed E-state index contributed by atoms with van der Waals surface area (Å²) in [6, 6.07) is 11.0. The van der Waals surface area contributed by atoms with Gasteiger partial charge in [-0.25, -0.2) is 4.98 Å². The summed E-state index contributed by atoms with van der Waals surface area (Å²) in [5, 5.41) is 7.80. The highest BCUT2D eigenvalue weighted by Crippen LogP contribution is 2.21. The van der Waals surface area contributed by atoms with E-state index < -0.39 is 0 Å². The molecule has 0 spiro atoms. The molecule has 3 aromatic rings. The van der Waals surface area contributed by atoms with Crippen LogP contribution in [0.2, 0.25) is 0 Å². The number of aromatic nitrogens is 1. The number of nitrogens with one attached hydrogen (secondary N) is 2. The number of methoxy groups -OCH3 is 1. The summed E-state index contributed by atoms with van der Waals surface area (Å²) in [5.41, 5.74) is 1.68. The predicted molar refractivity (Wildman–Crippen MR) is 115 cm³/mol. The number of nitrogens with zero attached hydrogens (tertiary/aromatic N) is 2. The molecule has 1 aromatic carbocycles. The number of hydrogen-bond donors (Lipinski definition) is 2. The summed E-state index contributed by atoms with van der Waals surface area (Å²) < 4.78 is 10.3. The SMILES string of the molecule is COc1ccc(C(CNC(=O)Cc2csc(NC(=O)c3ccco3)n2)N(C)C)cc1. The van der Waals surface area contributed by atoms with E-state index in [0.717, 1.165) is 11.3 Å². The van der Waals surface area contributed by atoms with Crippen molar-refractivity contribution in [3.05, 3.63) is 65.1 Å². The zero-order chi connectivity index (χ0) is 21.5. The van der Waals surface area contributed by atoms with Gasteiger partial charge in [-0.3, -0.25) is 14.9 Å². The number of thiazole rings is 1. The summed E-state index contributed by atoms with van der Waals surface area (Å²) in [4.78, 5) is 30.7. The summed E-state index contributed by atoms with van der Waals surface area (Å²) >= 11 is 1.26. The number of amides is 2. The molecule has 1 atom stereocenters. The second kappa shape index (κ2) is 10.0. The Hall–Kier alpha value is -3.17. The first-order valence-corrected chi connectivity index (χ1v) is 10.2. The number of likely N-dealkylation sites (N-methyl/N-ethyl adjacent to an activating group) is 1. The molecule has 0 fully saturated rings. The van der Waals surface area contributed by atoms with E-state index in [0.29, 0.717) is 17.4 Å². The van der Waals surface area contributed by atoms with Crippen LogP contribution in [-0.2, 0) is 11.2 Å². The molecule has 158 valence electrons. The number of benzene rings is 1. The molecule has 8 nitrogen and oxygen atoms in total. The lowest BCUT2D eigenvalue weighted by Gasteiger charge is -2.25. The molecule has 0 aliphatic heterocycles. The minimum absolute atomic E-state index is 0.0263. The van der Waals surface area contributed by atoms with Crippen LogP contribution < -0.4 is 15.4 Å². The minimum atomic E-state index is -0.376. The van der Waals surface area contributed by atoms with E-state index in [9.17, 15) is 9.59 Å². The van der Waals surface area contributed by atoms with Crippen molar-refractivity contribution in [2.75, 3.05) is 33.1 Å². The smallest absolute Gasteiger partial charge is 0.293 e. The highest BCUT2D eigenvalue weighted by atomic mass is 32.1. The Morgan fingerprint density at radius 1 is 1.23 bits per heavy atom. The van der Waals surface area contributed by atoms with E-state index in [-0.39, 0.29) is 30.0 Å². The van der Waals surface area contributed by atoms with E-state index in [1.165, 1.54) is 17.6 Å². The fourth-order valence-electron chi connectivity index (χ4n) is 2.87. The number of carbonyl (C=O) groups is 2. The van der Waals surface area contributed by atoms with Crippen molar-refractivity contribution in [3.63, 3.8) is 0 Å². The van der Waals surface area contributed by atoms with Gasteiger partial charge in [0, 0.05) is 11.9 Å². The van der Waals surface area contributed by atoms with Gasteiger partial charge in [-0.15, -0.1) is 11.3 Å². The largest absolute Gasteiger partial charge is 0.497 e. The van der Waals surface area contributed by atoms with Crippen LogP contribution in [0.1, 0.15) is 27.9 Å². The van der Waals surface area contributed by atoms with E-state index in [1.807, 2.05) is 43.3 Å². The van der Waals surface area contributed by atoms with Crippen molar-refractivity contribution in [3.8, 4) is 5.75 Å². The average Bonchev–Trinajstić information content (AvgIpc) is 3.41. The quantitative estimate of drug-likeness (QED) is 0.544. The Kier molecular flexibility index (Phi) is 7.21. The lowest BCUT2D eigenvalue weighted by Crippen LogP contribution is -2.35. The molecular weight excluding hydrogens is 404 g/mol. The van der Waals surface area contributed by atoms with Crippen molar-refractivity contribution in [2.24, 2.45) is 0 Å². The van der Waals surface area contributed by atoms with Gasteiger partial charge in [0.05, 0.1) is 31.5 Å². The standard InChI is InChI=1S/C21H24N4O4S/c1-25(2)17(14-6-8-16(28-3)9-7-14)12-22-19(26)11-15-13-30-21(23-15)24-20(27)18-5-4-10-29-18/h4-10,13,17H,11-12H2,1-3H3,(H,22,26)(H,23,24,27). The van der Waals surface area contributed by atoms with Gasteiger partial charge in [-0.05, 0) is 43.9 Å². The zero-order valence-corrected chi connectivity index (χ0v) is 17.9. The van der Waals surface area contributed by atoms with Crippen LogP contribution in [0, 0.1) is 0 Å². The third-order valence-electron chi connectivity index (χ3n) is 4.48. The first-order chi connectivity index (χ1) is 14.5. The Morgan fingerprint density at radius 2 is 2.00 bits per heavy atom. The van der Waals surface area contributed by atoms with Crippen molar-refractivity contribution in [2.45, 2.75) is 12.5 Å². The molecule has 2 N–H and O–H groups in total. The van der Waals surface area contributed by atoms with Gasteiger partial charge < -0.3 is 19.4 Å². The minimum Gasteiger partial charge on any atom is -0.497 e. The van der Waals surface area contributed by atoms with Crippen LogP contribution in [0.4, 0.5) is 5.13 Å². The number of ether oxygens (including phenoxy) is 1. The Morgan fingerprint density at radius 3 is 2.63 bits per heavy atom. The molecule has 0 aliphatic rings. The Labute approximate surface area is 178 Å². The summed E-state index contributed by atoms with van der Waals surface area (Å²) in [5.74, 6) is 0.486. The molecule has 3 rings (SSSR count). The fraction of sp³-hybridized carbons (Fsp3) is 0.286. The highest BCUT2D eigenvalue weighted by molar-refractivity contribution is 7.14. The molecule has 1 unspecified atom stereocenters. The van der Waals surface area contributed by atoms with Crippen LogP contribution in [-0.4, -0.2) is 49.4 Å². The number of anilines is 1. The zero-order valence-electron chi connectivity index (χ0n) is 17.0. The third-order valence-corrected chi connectivity index (χ3v) is 5.28. The maximum absolute atomic E-state index is 12.4. The molecular formula is C21H24N4O4S. The number of carbonyl (C=O) groups excluding carboxylic acids is 2. The summed E-state index contributed by atoms with van der Waals surface area (Å²) in [6.45, 7) is 0.463.